The molecular weight excluding hydrogens is 273 g/mol. The number of hydrogen-bond acceptors (Lipinski definition) is 3. The van der Waals surface area contributed by atoms with Crippen LogP contribution in [0.1, 0.15) is 0 Å². The Balaban J connectivity index is 2.52. The molecule has 1 aromatic carbocycles. The summed E-state index contributed by atoms with van der Waals surface area (Å²) in [7, 11) is 0. The van der Waals surface area contributed by atoms with Crippen molar-refractivity contribution in [3.63, 3.8) is 0 Å². The SMILES string of the molecule is O=C(O)C(CNNc1cccc(Cl)c1)C(F)(F)F. The van der Waals surface area contributed by atoms with Crippen LogP contribution in [0.15, 0.2) is 24.3 Å². The van der Waals surface area contributed by atoms with Gasteiger partial charge in [0.1, 0.15) is 0 Å². The topological polar surface area (TPSA) is 61.4 Å². The second-order valence-electron chi connectivity index (χ2n) is 3.45. The Bertz CT molecular complexity index is 426. The van der Waals surface area contributed by atoms with Gasteiger partial charge in [-0.15, -0.1) is 0 Å². The molecule has 0 amide bonds. The van der Waals surface area contributed by atoms with Gasteiger partial charge in [-0.05, 0) is 18.2 Å². The number of hydrazine groups is 1. The number of hydrogen-bond donors (Lipinski definition) is 3. The number of aliphatic carboxylic acids is 1. The number of carboxylic acids is 1. The van der Waals surface area contributed by atoms with E-state index in [-0.39, 0.29) is 0 Å². The number of alkyl halides is 3. The van der Waals surface area contributed by atoms with Crippen LogP contribution in [-0.2, 0) is 4.79 Å². The highest BCUT2D eigenvalue weighted by molar-refractivity contribution is 6.30. The highest BCUT2D eigenvalue weighted by atomic mass is 35.5. The molecule has 1 rings (SSSR count). The number of halogens is 4. The van der Waals surface area contributed by atoms with E-state index in [0.717, 1.165) is 0 Å². The lowest BCUT2D eigenvalue weighted by Gasteiger charge is -2.17. The maximum absolute atomic E-state index is 12.3. The van der Waals surface area contributed by atoms with E-state index in [0.29, 0.717) is 10.7 Å². The van der Waals surface area contributed by atoms with E-state index < -0.39 is 24.6 Å². The van der Waals surface area contributed by atoms with E-state index in [1.807, 2.05) is 0 Å². The fraction of sp³-hybridized carbons (Fsp3) is 0.300. The summed E-state index contributed by atoms with van der Waals surface area (Å²) in [5.41, 5.74) is 5.09. The molecule has 3 N–H and O–H groups in total. The predicted molar refractivity (Wildman–Crippen MR) is 60.3 cm³/mol. The van der Waals surface area contributed by atoms with Gasteiger partial charge in [0.25, 0.3) is 0 Å². The molecule has 0 aliphatic heterocycles. The Morgan fingerprint density at radius 3 is 2.61 bits per heavy atom. The summed E-state index contributed by atoms with van der Waals surface area (Å²) in [6.07, 6.45) is -4.80. The zero-order valence-corrected chi connectivity index (χ0v) is 9.72. The van der Waals surface area contributed by atoms with Crippen LogP contribution in [0.25, 0.3) is 0 Å². The molecule has 1 unspecified atom stereocenters. The first kappa shape index (κ1) is 14.6. The second kappa shape index (κ2) is 5.92. The number of nitrogens with one attached hydrogen (secondary N) is 2. The van der Waals surface area contributed by atoms with E-state index in [9.17, 15) is 18.0 Å². The third-order valence-electron chi connectivity index (χ3n) is 2.06. The first-order chi connectivity index (χ1) is 8.30. The number of benzene rings is 1. The fourth-order valence-electron chi connectivity index (χ4n) is 1.16. The van der Waals surface area contributed by atoms with Crippen molar-refractivity contribution in [3.05, 3.63) is 29.3 Å². The molecule has 0 radical (unpaired) electrons. The molecule has 0 saturated carbocycles. The fourth-order valence-corrected chi connectivity index (χ4v) is 1.35. The third kappa shape index (κ3) is 4.42. The van der Waals surface area contributed by atoms with Gasteiger partial charge in [-0.3, -0.25) is 4.79 Å². The van der Waals surface area contributed by atoms with Crippen LogP contribution in [0, 0.1) is 5.92 Å². The quantitative estimate of drug-likeness (QED) is 0.726. The molecule has 0 bridgehead atoms. The van der Waals surface area contributed by atoms with E-state index in [2.05, 4.69) is 10.9 Å². The molecule has 18 heavy (non-hydrogen) atoms. The summed E-state index contributed by atoms with van der Waals surface area (Å²) in [6, 6.07) is 6.26. The van der Waals surface area contributed by atoms with E-state index in [1.165, 1.54) is 6.07 Å². The summed E-state index contributed by atoms with van der Waals surface area (Å²) in [6.45, 7) is -0.786. The van der Waals surface area contributed by atoms with Crippen molar-refractivity contribution in [1.82, 2.24) is 5.43 Å². The zero-order valence-electron chi connectivity index (χ0n) is 8.96. The van der Waals surface area contributed by atoms with Crippen molar-refractivity contribution < 1.29 is 23.1 Å². The van der Waals surface area contributed by atoms with Crippen molar-refractivity contribution in [2.75, 3.05) is 12.0 Å². The van der Waals surface area contributed by atoms with Crippen LogP contribution in [0.5, 0.6) is 0 Å². The highest BCUT2D eigenvalue weighted by Crippen LogP contribution is 2.25. The van der Waals surface area contributed by atoms with Crippen molar-refractivity contribution in [2.45, 2.75) is 6.18 Å². The Kier molecular flexibility index (Phi) is 4.80. The summed E-state index contributed by atoms with van der Waals surface area (Å²) in [5, 5.41) is 8.85. The van der Waals surface area contributed by atoms with E-state index in [1.54, 1.807) is 18.2 Å². The molecule has 4 nitrogen and oxygen atoms in total. The Labute approximate surface area is 106 Å². The summed E-state index contributed by atoms with van der Waals surface area (Å²) in [4.78, 5) is 10.4. The van der Waals surface area contributed by atoms with Crippen molar-refractivity contribution in [2.24, 2.45) is 5.92 Å². The third-order valence-corrected chi connectivity index (χ3v) is 2.29. The van der Waals surface area contributed by atoms with Crippen LogP contribution in [-0.4, -0.2) is 23.8 Å². The van der Waals surface area contributed by atoms with Crippen LogP contribution >= 0.6 is 11.6 Å². The van der Waals surface area contributed by atoms with Crippen LogP contribution in [0.3, 0.4) is 0 Å². The highest BCUT2D eigenvalue weighted by Gasteiger charge is 2.44. The number of carbonyl (C=O) groups is 1. The van der Waals surface area contributed by atoms with Gasteiger partial charge in [0.15, 0.2) is 5.92 Å². The van der Waals surface area contributed by atoms with Crippen LogP contribution in [0.2, 0.25) is 5.02 Å². The minimum atomic E-state index is -4.80. The van der Waals surface area contributed by atoms with Crippen molar-refractivity contribution in [3.8, 4) is 0 Å². The lowest BCUT2D eigenvalue weighted by atomic mass is 10.1. The van der Waals surface area contributed by atoms with Gasteiger partial charge in [-0.25, -0.2) is 5.43 Å². The second-order valence-corrected chi connectivity index (χ2v) is 3.89. The van der Waals surface area contributed by atoms with Gasteiger partial charge in [-0.1, -0.05) is 17.7 Å². The first-order valence-electron chi connectivity index (χ1n) is 4.84. The van der Waals surface area contributed by atoms with Gasteiger partial charge in [0, 0.05) is 11.6 Å². The first-order valence-corrected chi connectivity index (χ1v) is 5.22. The summed E-state index contributed by atoms with van der Waals surface area (Å²) < 4.78 is 36.9. The average molecular weight is 283 g/mol. The molecule has 0 aliphatic rings. The van der Waals surface area contributed by atoms with Crippen LogP contribution in [0.4, 0.5) is 18.9 Å². The Morgan fingerprint density at radius 2 is 2.11 bits per heavy atom. The summed E-state index contributed by atoms with van der Waals surface area (Å²) in [5.74, 6) is -4.40. The molecule has 0 heterocycles. The normalized spacial score (nSPS) is 13.1. The van der Waals surface area contributed by atoms with E-state index in [4.69, 9.17) is 16.7 Å². The summed E-state index contributed by atoms with van der Waals surface area (Å²) >= 11 is 5.67. The standard InChI is InChI=1S/C10H10ClF3N2O2/c11-6-2-1-3-7(4-6)16-15-5-8(9(17)18)10(12,13)14/h1-4,8,15-16H,5H2,(H,17,18). The van der Waals surface area contributed by atoms with Crippen LogP contribution < -0.4 is 10.9 Å². The predicted octanol–water partition coefficient (Wildman–Crippen LogP) is 2.52. The average Bonchev–Trinajstić information content (AvgIpc) is 2.22. The van der Waals surface area contributed by atoms with Gasteiger partial charge >= 0.3 is 12.1 Å². The van der Waals surface area contributed by atoms with Crippen molar-refractivity contribution in [1.29, 1.82) is 0 Å². The molecule has 1 atom stereocenters. The number of anilines is 1. The maximum Gasteiger partial charge on any atom is 0.403 e. The molecule has 0 saturated heterocycles. The van der Waals surface area contributed by atoms with Gasteiger partial charge in [0.2, 0.25) is 0 Å². The molecule has 0 aliphatic carbocycles. The molecule has 0 spiro atoms. The van der Waals surface area contributed by atoms with Crippen molar-refractivity contribution >= 4 is 23.3 Å². The maximum atomic E-state index is 12.3. The molecule has 8 heteroatoms. The van der Waals surface area contributed by atoms with Gasteiger partial charge in [-0.2, -0.15) is 13.2 Å². The molecule has 0 aromatic heterocycles. The lowest BCUT2D eigenvalue weighted by molar-refractivity contribution is -0.192. The molecule has 0 fully saturated rings. The zero-order chi connectivity index (χ0) is 13.8. The smallest absolute Gasteiger partial charge is 0.403 e. The molecular formula is C10H10ClF3N2O2. The van der Waals surface area contributed by atoms with Gasteiger partial charge < -0.3 is 10.5 Å². The molecule has 1 aromatic rings. The lowest BCUT2D eigenvalue weighted by Crippen LogP contribution is -2.40. The monoisotopic (exact) mass is 282 g/mol. The Morgan fingerprint density at radius 1 is 1.44 bits per heavy atom. The minimum absolute atomic E-state index is 0.410. The Hall–Kier alpha value is -1.47. The largest absolute Gasteiger partial charge is 0.481 e. The number of rotatable bonds is 5. The number of carboxylic acid groups (broad SMARTS) is 1. The molecule has 100 valence electrons. The minimum Gasteiger partial charge on any atom is -0.481 e. The van der Waals surface area contributed by atoms with Gasteiger partial charge in [0.05, 0.1) is 5.69 Å². The van der Waals surface area contributed by atoms with E-state index >= 15 is 0 Å².